The summed E-state index contributed by atoms with van der Waals surface area (Å²) in [5.41, 5.74) is 6.07. The molecular weight excluding hydrogens is 286 g/mol. The van der Waals surface area contributed by atoms with Crippen molar-refractivity contribution in [1.29, 1.82) is 0 Å². The van der Waals surface area contributed by atoms with Gasteiger partial charge in [0.25, 0.3) is 0 Å². The van der Waals surface area contributed by atoms with E-state index in [-0.39, 0.29) is 0 Å². The van der Waals surface area contributed by atoms with Crippen LogP contribution in [0.15, 0.2) is 0 Å². The van der Waals surface area contributed by atoms with Crippen molar-refractivity contribution in [3.05, 3.63) is 0 Å². The monoisotopic (exact) mass is 317 g/mol. The van der Waals surface area contributed by atoms with Crippen LogP contribution in [-0.4, -0.2) is 47.4 Å². The highest BCUT2D eigenvalue weighted by Crippen LogP contribution is 2.43. The molecule has 2 rings (SSSR count). The fourth-order valence-corrected chi connectivity index (χ4v) is 6.65. The highest BCUT2D eigenvalue weighted by molar-refractivity contribution is 6.60. The van der Waals surface area contributed by atoms with Gasteiger partial charge in [0.15, 0.2) is 0 Å². The summed E-state index contributed by atoms with van der Waals surface area (Å²) < 4.78 is 23.6. The summed E-state index contributed by atoms with van der Waals surface area (Å²) in [4.78, 5) is 0. The number of nitrogens with two attached hydrogens (primary N) is 1. The molecule has 21 heavy (non-hydrogen) atoms. The summed E-state index contributed by atoms with van der Waals surface area (Å²) in [6.07, 6.45) is 4.55. The Labute approximate surface area is 129 Å². The maximum absolute atomic E-state index is 6.07. The van der Waals surface area contributed by atoms with Crippen LogP contribution in [0.25, 0.3) is 0 Å². The molecule has 0 aromatic rings. The van der Waals surface area contributed by atoms with E-state index in [1.54, 1.807) is 0 Å². The van der Waals surface area contributed by atoms with E-state index in [2.05, 4.69) is 0 Å². The van der Waals surface area contributed by atoms with Gasteiger partial charge in [-0.25, -0.2) is 0 Å². The Kier molecular flexibility index (Phi) is 6.65. The largest absolute Gasteiger partial charge is 0.501 e. The van der Waals surface area contributed by atoms with Crippen molar-refractivity contribution in [3.8, 4) is 0 Å². The van der Waals surface area contributed by atoms with Crippen LogP contribution in [0, 0.1) is 11.8 Å². The minimum absolute atomic E-state index is 0.409. The second kappa shape index (κ2) is 8.03. The van der Waals surface area contributed by atoms with Crippen LogP contribution >= 0.6 is 0 Å². The van der Waals surface area contributed by atoms with Gasteiger partial charge in [-0.2, -0.15) is 0 Å². The third kappa shape index (κ3) is 4.50. The van der Waals surface area contributed by atoms with Crippen molar-refractivity contribution in [2.75, 3.05) is 26.4 Å². The SMILES string of the molecule is CCO[Si](CC(CN)C1CCC2OC2C1)(OCC)OCC. The fraction of sp³-hybridized carbons (Fsp3) is 1.00. The summed E-state index contributed by atoms with van der Waals surface area (Å²) in [7, 11) is -2.59. The van der Waals surface area contributed by atoms with E-state index in [9.17, 15) is 0 Å². The lowest BCUT2D eigenvalue weighted by molar-refractivity contribution is 0.0631. The smallest absolute Gasteiger partial charge is 0.374 e. The molecule has 1 heterocycles. The number of ether oxygens (including phenoxy) is 1. The predicted molar refractivity (Wildman–Crippen MR) is 84.0 cm³/mol. The molecule has 0 aromatic carbocycles. The quantitative estimate of drug-likeness (QED) is 0.494. The summed E-state index contributed by atoms with van der Waals surface area (Å²) in [6, 6.07) is 0.834. The van der Waals surface area contributed by atoms with E-state index in [4.69, 9.17) is 23.7 Å². The first-order chi connectivity index (χ1) is 10.2. The second-order valence-electron chi connectivity index (χ2n) is 5.97. The van der Waals surface area contributed by atoms with E-state index in [0.29, 0.717) is 50.4 Å². The fourth-order valence-electron chi connectivity index (χ4n) is 3.59. The Bertz CT molecular complexity index is 301. The molecule has 1 aliphatic heterocycles. The Morgan fingerprint density at radius 3 is 2.14 bits per heavy atom. The molecule has 0 bridgehead atoms. The maximum atomic E-state index is 6.07. The molecule has 124 valence electrons. The average molecular weight is 318 g/mol. The third-order valence-electron chi connectivity index (χ3n) is 4.62. The first kappa shape index (κ1) is 17.4. The average Bonchev–Trinajstić information content (AvgIpc) is 3.24. The van der Waals surface area contributed by atoms with Crippen LogP contribution in [0.2, 0.25) is 6.04 Å². The third-order valence-corrected chi connectivity index (χ3v) is 7.83. The lowest BCUT2D eigenvalue weighted by Crippen LogP contribution is -2.49. The molecule has 5 nitrogen and oxygen atoms in total. The zero-order valence-electron chi connectivity index (χ0n) is 13.7. The zero-order valence-corrected chi connectivity index (χ0v) is 14.7. The number of epoxide rings is 1. The highest BCUT2D eigenvalue weighted by atomic mass is 28.4. The first-order valence-corrected chi connectivity index (χ1v) is 10.4. The highest BCUT2D eigenvalue weighted by Gasteiger charge is 2.49. The number of rotatable bonds is 10. The molecule has 0 spiro atoms. The maximum Gasteiger partial charge on any atom is 0.501 e. The van der Waals surface area contributed by atoms with Crippen LogP contribution in [0.5, 0.6) is 0 Å². The molecule has 0 amide bonds. The zero-order chi connectivity index (χ0) is 15.3. The van der Waals surface area contributed by atoms with Crippen molar-refractivity contribution < 1.29 is 18.0 Å². The van der Waals surface area contributed by atoms with Crippen LogP contribution in [0.1, 0.15) is 40.0 Å². The lowest BCUT2D eigenvalue weighted by atomic mass is 9.81. The van der Waals surface area contributed by atoms with Gasteiger partial charge in [-0.1, -0.05) is 0 Å². The molecule has 0 aromatic heterocycles. The molecule has 4 unspecified atom stereocenters. The van der Waals surface area contributed by atoms with Gasteiger partial charge in [-0.05, 0) is 58.4 Å². The van der Waals surface area contributed by atoms with E-state index < -0.39 is 8.80 Å². The molecule has 2 aliphatic rings. The topological polar surface area (TPSA) is 66.2 Å². The molecule has 1 saturated heterocycles. The molecule has 1 saturated carbocycles. The van der Waals surface area contributed by atoms with Gasteiger partial charge in [0, 0.05) is 25.9 Å². The Hall–Kier alpha value is 0.0169. The van der Waals surface area contributed by atoms with Gasteiger partial charge in [-0.3, -0.25) is 0 Å². The minimum atomic E-state index is -2.59. The normalized spacial score (nSPS) is 30.0. The predicted octanol–water partition coefficient (Wildman–Crippen LogP) is 2.18. The van der Waals surface area contributed by atoms with Crippen molar-refractivity contribution in [2.24, 2.45) is 17.6 Å². The number of hydrogen-bond acceptors (Lipinski definition) is 5. The van der Waals surface area contributed by atoms with Crippen LogP contribution in [0.4, 0.5) is 0 Å². The van der Waals surface area contributed by atoms with Gasteiger partial charge in [0.05, 0.1) is 12.2 Å². The Morgan fingerprint density at radius 2 is 1.67 bits per heavy atom. The van der Waals surface area contributed by atoms with E-state index in [1.165, 1.54) is 12.8 Å². The van der Waals surface area contributed by atoms with E-state index in [1.807, 2.05) is 20.8 Å². The standard InChI is InChI=1S/C15H31NO4Si/c1-4-17-21(18-5-2,19-6-3)11-13(10-16)12-7-8-14-15(9-12)20-14/h12-15H,4-11,16H2,1-3H3. The van der Waals surface area contributed by atoms with Crippen molar-refractivity contribution in [1.82, 2.24) is 0 Å². The van der Waals surface area contributed by atoms with E-state index in [0.717, 1.165) is 12.5 Å². The summed E-state index contributed by atoms with van der Waals surface area (Å²) in [5, 5.41) is 0. The van der Waals surface area contributed by atoms with Crippen molar-refractivity contribution in [3.63, 3.8) is 0 Å². The molecule has 4 atom stereocenters. The van der Waals surface area contributed by atoms with Gasteiger partial charge in [0.2, 0.25) is 0 Å². The van der Waals surface area contributed by atoms with Crippen LogP contribution in [0.3, 0.4) is 0 Å². The van der Waals surface area contributed by atoms with Crippen molar-refractivity contribution >= 4 is 8.80 Å². The van der Waals surface area contributed by atoms with Crippen LogP contribution in [-0.2, 0) is 18.0 Å². The van der Waals surface area contributed by atoms with Gasteiger partial charge in [0.1, 0.15) is 0 Å². The number of hydrogen-bond donors (Lipinski definition) is 1. The lowest BCUT2D eigenvalue weighted by Gasteiger charge is -2.35. The van der Waals surface area contributed by atoms with E-state index >= 15 is 0 Å². The molecular formula is C15H31NO4Si. The first-order valence-electron chi connectivity index (χ1n) is 8.45. The molecule has 6 heteroatoms. The molecule has 2 N–H and O–H groups in total. The molecule has 2 fully saturated rings. The minimum Gasteiger partial charge on any atom is -0.374 e. The molecule has 0 radical (unpaired) electrons. The van der Waals surface area contributed by atoms with Crippen LogP contribution < -0.4 is 5.73 Å². The van der Waals surface area contributed by atoms with Gasteiger partial charge >= 0.3 is 8.80 Å². The van der Waals surface area contributed by atoms with Crippen molar-refractivity contribution in [2.45, 2.75) is 58.3 Å². The van der Waals surface area contributed by atoms with Gasteiger partial charge in [-0.15, -0.1) is 0 Å². The van der Waals surface area contributed by atoms with Gasteiger partial charge < -0.3 is 23.7 Å². The summed E-state index contributed by atoms with van der Waals surface area (Å²) >= 11 is 0. The summed E-state index contributed by atoms with van der Waals surface area (Å²) in [5.74, 6) is 1.03. The second-order valence-corrected chi connectivity index (χ2v) is 8.61. The summed E-state index contributed by atoms with van der Waals surface area (Å²) in [6.45, 7) is 8.55. The molecule has 1 aliphatic carbocycles. The Morgan fingerprint density at radius 1 is 1.05 bits per heavy atom. The Balaban J connectivity index is 2.00. The number of fused-ring (bicyclic) bond motifs is 1.